The Kier molecular flexibility index (Phi) is 6.37. The number of hydrogen-bond donors (Lipinski definition) is 2. The van der Waals surface area contributed by atoms with Gasteiger partial charge in [0.1, 0.15) is 0 Å². The van der Waals surface area contributed by atoms with Gasteiger partial charge in [0.05, 0.1) is 0 Å². The monoisotopic (exact) mass is 158 g/mol. The third-order valence-electron chi connectivity index (χ3n) is 1.21. The highest BCUT2D eigenvalue weighted by Crippen LogP contribution is 1.82. The molecule has 0 aromatic rings. The lowest BCUT2D eigenvalue weighted by Crippen LogP contribution is -2.22. The summed E-state index contributed by atoms with van der Waals surface area (Å²) in [5.41, 5.74) is 0. The molecule has 0 aliphatic carbocycles. The average molecular weight is 158 g/mol. The van der Waals surface area contributed by atoms with Crippen LogP contribution in [-0.2, 0) is 9.59 Å². The maximum absolute atomic E-state index is 10.3. The van der Waals surface area contributed by atoms with Crippen molar-refractivity contribution in [2.45, 2.75) is 19.8 Å². The summed E-state index contributed by atoms with van der Waals surface area (Å²) in [6, 6.07) is 0. The van der Waals surface area contributed by atoms with Crippen LogP contribution < -0.4 is 10.6 Å². The van der Waals surface area contributed by atoms with Gasteiger partial charge in [0.2, 0.25) is 12.3 Å². The number of carbonyl (C=O) groups excluding carboxylic acids is 2. The number of hydrogen-bond acceptors (Lipinski definition) is 2. The molecule has 0 spiro atoms. The van der Waals surface area contributed by atoms with Crippen LogP contribution in [0.25, 0.3) is 0 Å². The smallest absolute Gasteiger partial charge is 0.216 e. The van der Waals surface area contributed by atoms with Crippen molar-refractivity contribution < 1.29 is 9.59 Å². The Balaban J connectivity index is 2.90. The second-order valence-corrected chi connectivity index (χ2v) is 2.26. The second kappa shape index (κ2) is 7.05. The van der Waals surface area contributed by atoms with E-state index in [1.54, 1.807) is 0 Å². The molecule has 2 amide bonds. The van der Waals surface area contributed by atoms with Gasteiger partial charge in [0.25, 0.3) is 0 Å². The highest BCUT2D eigenvalue weighted by Gasteiger charge is 1.89. The molecule has 4 nitrogen and oxygen atoms in total. The Hall–Kier alpha value is -1.06. The summed E-state index contributed by atoms with van der Waals surface area (Å²) in [6.07, 6.45) is 2.48. The maximum Gasteiger partial charge on any atom is 0.216 e. The minimum atomic E-state index is -0.00616. The molecular weight excluding hydrogens is 144 g/mol. The van der Waals surface area contributed by atoms with Crippen LogP contribution in [0.2, 0.25) is 0 Å². The maximum atomic E-state index is 10.3. The standard InChI is InChI=1S/C7H14N2O2/c1-7(11)9-5-3-2-4-8-6-10/h6H,2-5H2,1H3,(H,8,10)(H,9,11). The van der Waals surface area contributed by atoms with Crippen LogP contribution >= 0.6 is 0 Å². The van der Waals surface area contributed by atoms with Gasteiger partial charge in [-0.25, -0.2) is 0 Å². The summed E-state index contributed by atoms with van der Waals surface area (Å²) in [5, 5.41) is 5.21. The first-order chi connectivity index (χ1) is 5.27. The van der Waals surface area contributed by atoms with Crippen LogP contribution in [0.3, 0.4) is 0 Å². The Morgan fingerprint density at radius 2 is 2.00 bits per heavy atom. The Labute approximate surface area is 66.4 Å². The SMILES string of the molecule is CC(=O)NCCCCNC=O. The zero-order valence-corrected chi connectivity index (χ0v) is 6.72. The van der Waals surface area contributed by atoms with Crippen LogP contribution in [0.1, 0.15) is 19.8 Å². The molecule has 0 fully saturated rings. The van der Waals surface area contributed by atoms with Crippen molar-refractivity contribution in [1.82, 2.24) is 10.6 Å². The van der Waals surface area contributed by atoms with Crippen molar-refractivity contribution in [2.75, 3.05) is 13.1 Å². The Bertz CT molecular complexity index is 126. The van der Waals surface area contributed by atoms with Crippen LogP contribution in [0.4, 0.5) is 0 Å². The summed E-state index contributed by atoms with van der Waals surface area (Å²) in [4.78, 5) is 20.1. The van der Waals surface area contributed by atoms with Crippen LogP contribution in [0, 0.1) is 0 Å². The van der Waals surface area contributed by atoms with E-state index in [9.17, 15) is 9.59 Å². The van der Waals surface area contributed by atoms with Gasteiger partial charge < -0.3 is 10.6 Å². The van der Waals surface area contributed by atoms with Gasteiger partial charge in [-0.1, -0.05) is 0 Å². The molecule has 11 heavy (non-hydrogen) atoms. The summed E-state index contributed by atoms with van der Waals surface area (Å²) in [6.45, 7) is 2.86. The molecule has 2 N–H and O–H groups in total. The average Bonchev–Trinajstić information content (AvgIpc) is 1.96. The fourth-order valence-electron chi connectivity index (χ4n) is 0.675. The minimum absolute atomic E-state index is 0.00616. The first-order valence-corrected chi connectivity index (χ1v) is 3.69. The predicted octanol–water partition coefficient (Wildman–Crippen LogP) is -0.351. The summed E-state index contributed by atoms with van der Waals surface area (Å²) in [7, 11) is 0. The van der Waals surface area contributed by atoms with E-state index in [-0.39, 0.29) is 5.91 Å². The van der Waals surface area contributed by atoms with Gasteiger partial charge in [0.15, 0.2) is 0 Å². The minimum Gasteiger partial charge on any atom is -0.359 e. The molecule has 0 rings (SSSR count). The zero-order valence-electron chi connectivity index (χ0n) is 6.72. The number of rotatable bonds is 6. The van der Waals surface area contributed by atoms with E-state index in [2.05, 4.69) is 10.6 Å². The first kappa shape index (κ1) is 9.94. The van der Waals surface area contributed by atoms with E-state index in [4.69, 9.17) is 0 Å². The van der Waals surface area contributed by atoms with Crippen molar-refractivity contribution in [3.8, 4) is 0 Å². The molecule has 0 aliphatic rings. The van der Waals surface area contributed by atoms with Crippen molar-refractivity contribution in [3.05, 3.63) is 0 Å². The number of amides is 2. The van der Waals surface area contributed by atoms with E-state index in [0.29, 0.717) is 19.5 Å². The quantitative estimate of drug-likeness (QED) is 0.410. The predicted molar refractivity (Wildman–Crippen MR) is 42.0 cm³/mol. The Morgan fingerprint density at radius 1 is 1.36 bits per heavy atom. The van der Waals surface area contributed by atoms with E-state index in [0.717, 1.165) is 12.8 Å². The molecule has 0 aromatic heterocycles. The Morgan fingerprint density at radius 3 is 2.55 bits per heavy atom. The molecule has 0 saturated carbocycles. The molecule has 0 aliphatic heterocycles. The molecular formula is C7H14N2O2. The van der Waals surface area contributed by atoms with Crippen molar-refractivity contribution in [1.29, 1.82) is 0 Å². The fraction of sp³-hybridized carbons (Fsp3) is 0.714. The highest BCUT2D eigenvalue weighted by atomic mass is 16.1. The molecule has 0 bridgehead atoms. The third kappa shape index (κ3) is 8.94. The molecule has 0 aromatic carbocycles. The first-order valence-electron chi connectivity index (χ1n) is 3.69. The lowest BCUT2D eigenvalue weighted by atomic mass is 10.3. The van der Waals surface area contributed by atoms with Gasteiger partial charge in [-0.3, -0.25) is 9.59 Å². The van der Waals surface area contributed by atoms with Gasteiger partial charge >= 0.3 is 0 Å². The number of nitrogens with one attached hydrogen (secondary N) is 2. The number of unbranched alkanes of at least 4 members (excludes halogenated alkanes) is 1. The van der Waals surface area contributed by atoms with E-state index >= 15 is 0 Å². The number of carbonyl (C=O) groups is 2. The molecule has 0 radical (unpaired) electrons. The van der Waals surface area contributed by atoms with Gasteiger partial charge in [0, 0.05) is 20.0 Å². The molecule has 0 unspecified atom stereocenters. The van der Waals surface area contributed by atoms with Crippen LogP contribution in [0.15, 0.2) is 0 Å². The van der Waals surface area contributed by atoms with Crippen LogP contribution in [0.5, 0.6) is 0 Å². The van der Waals surface area contributed by atoms with Crippen LogP contribution in [-0.4, -0.2) is 25.4 Å². The second-order valence-electron chi connectivity index (χ2n) is 2.26. The van der Waals surface area contributed by atoms with Crippen molar-refractivity contribution >= 4 is 12.3 Å². The molecule has 64 valence electrons. The normalized spacial score (nSPS) is 8.82. The zero-order chi connectivity index (χ0) is 8.53. The summed E-state index contributed by atoms with van der Waals surface area (Å²) < 4.78 is 0. The van der Waals surface area contributed by atoms with Gasteiger partial charge in [-0.15, -0.1) is 0 Å². The lowest BCUT2D eigenvalue weighted by Gasteiger charge is -2.00. The third-order valence-corrected chi connectivity index (χ3v) is 1.21. The topological polar surface area (TPSA) is 58.2 Å². The summed E-state index contributed by atoms with van der Waals surface area (Å²) >= 11 is 0. The van der Waals surface area contributed by atoms with E-state index < -0.39 is 0 Å². The van der Waals surface area contributed by atoms with Crippen molar-refractivity contribution in [3.63, 3.8) is 0 Å². The van der Waals surface area contributed by atoms with Gasteiger partial charge in [-0.05, 0) is 12.8 Å². The van der Waals surface area contributed by atoms with E-state index in [1.807, 2.05) is 0 Å². The lowest BCUT2D eigenvalue weighted by molar-refractivity contribution is -0.119. The largest absolute Gasteiger partial charge is 0.359 e. The molecule has 0 atom stereocenters. The molecule has 4 heteroatoms. The fourth-order valence-corrected chi connectivity index (χ4v) is 0.675. The van der Waals surface area contributed by atoms with Crippen molar-refractivity contribution in [2.24, 2.45) is 0 Å². The summed E-state index contributed by atoms with van der Waals surface area (Å²) in [5.74, 6) is -0.00616. The molecule has 0 saturated heterocycles. The van der Waals surface area contributed by atoms with E-state index in [1.165, 1.54) is 6.92 Å². The van der Waals surface area contributed by atoms with Gasteiger partial charge in [-0.2, -0.15) is 0 Å². The molecule has 0 heterocycles. The highest BCUT2D eigenvalue weighted by molar-refractivity contribution is 5.72.